The summed E-state index contributed by atoms with van der Waals surface area (Å²) in [6, 6.07) is 0.436. The van der Waals surface area contributed by atoms with Crippen LogP contribution < -0.4 is 5.32 Å². The highest BCUT2D eigenvalue weighted by atomic mass is 16.5. The molecule has 2 saturated carbocycles. The van der Waals surface area contributed by atoms with Gasteiger partial charge in [0, 0.05) is 6.04 Å². The lowest BCUT2D eigenvalue weighted by atomic mass is 9.74. The van der Waals surface area contributed by atoms with Gasteiger partial charge in [0.25, 0.3) is 0 Å². The van der Waals surface area contributed by atoms with Gasteiger partial charge in [0.15, 0.2) is 0 Å². The number of carbonyl (C=O) groups is 1. The van der Waals surface area contributed by atoms with E-state index in [9.17, 15) is 4.79 Å². The highest BCUT2D eigenvalue weighted by Gasteiger charge is 2.51. The van der Waals surface area contributed by atoms with Crippen molar-refractivity contribution in [1.82, 2.24) is 5.32 Å². The van der Waals surface area contributed by atoms with Gasteiger partial charge in [-0.15, -0.1) is 0 Å². The Labute approximate surface area is 90.6 Å². The van der Waals surface area contributed by atoms with Crippen LogP contribution in [0, 0.1) is 17.8 Å². The number of ether oxygens (including phenoxy) is 1. The average Bonchev–Trinajstić information content (AvgIpc) is 2.69. The van der Waals surface area contributed by atoms with Crippen molar-refractivity contribution in [1.29, 1.82) is 0 Å². The van der Waals surface area contributed by atoms with Crippen LogP contribution in [0.5, 0.6) is 0 Å². The van der Waals surface area contributed by atoms with Crippen LogP contribution in [0.3, 0.4) is 0 Å². The average molecular weight is 209 g/mol. The maximum absolute atomic E-state index is 11.7. The van der Waals surface area contributed by atoms with Crippen molar-refractivity contribution < 1.29 is 9.53 Å². The number of carbonyl (C=O) groups excluding carboxylic acids is 1. The summed E-state index contributed by atoms with van der Waals surface area (Å²) in [5, 5.41) is 3.35. The van der Waals surface area contributed by atoms with E-state index in [-0.39, 0.29) is 11.9 Å². The van der Waals surface area contributed by atoms with Gasteiger partial charge >= 0.3 is 5.97 Å². The number of nitrogens with one attached hydrogen (secondary N) is 1. The number of fused-ring (bicyclic) bond motifs is 1. The minimum absolute atomic E-state index is 0.0561. The topological polar surface area (TPSA) is 38.3 Å². The maximum Gasteiger partial charge on any atom is 0.310 e. The van der Waals surface area contributed by atoms with Crippen molar-refractivity contribution >= 4 is 5.97 Å². The lowest BCUT2D eigenvalue weighted by Gasteiger charge is -2.32. The molecule has 0 radical (unpaired) electrons. The molecule has 2 bridgehead atoms. The van der Waals surface area contributed by atoms with E-state index in [1.54, 1.807) is 0 Å². The van der Waals surface area contributed by atoms with Crippen LogP contribution in [0.1, 0.15) is 32.1 Å². The van der Waals surface area contributed by atoms with Gasteiger partial charge in [-0.05, 0) is 31.2 Å². The SMILES string of the molecule is O=C(OCCC1CCC1)C1C2CNC1C2. The Kier molecular flexibility index (Phi) is 2.43. The third kappa shape index (κ3) is 1.67. The molecule has 3 nitrogen and oxygen atoms in total. The van der Waals surface area contributed by atoms with Gasteiger partial charge in [0.1, 0.15) is 0 Å². The first-order valence-corrected chi connectivity index (χ1v) is 6.24. The first kappa shape index (κ1) is 9.64. The van der Waals surface area contributed by atoms with Gasteiger partial charge in [0.05, 0.1) is 12.5 Å². The fraction of sp³-hybridized carbons (Fsp3) is 0.917. The zero-order chi connectivity index (χ0) is 10.3. The molecule has 3 unspecified atom stereocenters. The molecule has 2 aliphatic heterocycles. The molecule has 2 heterocycles. The molecular formula is C12H19NO2. The number of hydrogen-bond donors (Lipinski definition) is 1. The number of rotatable bonds is 4. The van der Waals surface area contributed by atoms with Crippen molar-refractivity contribution in [3.05, 3.63) is 0 Å². The van der Waals surface area contributed by atoms with Crippen LogP contribution in [-0.4, -0.2) is 25.2 Å². The summed E-state index contributed by atoms with van der Waals surface area (Å²) in [7, 11) is 0. The molecule has 4 rings (SSSR count). The molecule has 4 aliphatic rings. The molecular weight excluding hydrogens is 190 g/mol. The lowest BCUT2D eigenvalue weighted by Crippen LogP contribution is -2.43. The molecule has 3 atom stereocenters. The predicted molar refractivity (Wildman–Crippen MR) is 56.3 cm³/mol. The summed E-state index contributed by atoms with van der Waals surface area (Å²) in [5.41, 5.74) is 0. The fourth-order valence-corrected chi connectivity index (χ4v) is 3.04. The summed E-state index contributed by atoms with van der Waals surface area (Å²) in [6.07, 6.45) is 6.32. The fourth-order valence-electron chi connectivity index (χ4n) is 3.04. The first-order chi connectivity index (χ1) is 7.34. The zero-order valence-corrected chi connectivity index (χ0v) is 9.08. The summed E-state index contributed by atoms with van der Waals surface area (Å²) < 4.78 is 5.35. The molecule has 15 heavy (non-hydrogen) atoms. The Hall–Kier alpha value is -0.570. The predicted octanol–water partition coefficient (Wildman–Crippen LogP) is 1.33. The van der Waals surface area contributed by atoms with E-state index in [0.717, 1.165) is 18.9 Å². The molecule has 3 heteroatoms. The zero-order valence-electron chi connectivity index (χ0n) is 9.08. The highest BCUT2D eigenvalue weighted by molar-refractivity contribution is 5.75. The summed E-state index contributed by atoms with van der Waals surface area (Å²) >= 11 is 0. The van der Waals surface area contributed by atoms with Crippen molar-refractivity contribution in [3.8, 4) is 0 Å². The van der Waals surface area contributed by atoms with E-state index >= 15 is 0 Å². The van der Waals surface area contributed by atoms with Gasteiger partial charge in [0.2, 0.25) is 0 Å². The summed E-state index contributed by atoms with van der Waals surface area (Å²) in [4.78, 5) is 11.7. The van der Waals surface area contributed by atoms with E-state index < -0.39 is 0 Å². The summed E-state index contributed by atoms with van der Waals surface area (Å²) in [5.74, 6) is 1.66. The van der Waals surface area contributed by atoms with Gasteiger partial charge in [-0.25, -0.2) is 0 Å². The van der Waals surface area contributed by atoms with Crippen molar-refractivity contribution in [2.24, 2.45) is 17.8 Å². The molecule has 0 amide bonds. The second-order valence-corrected chi connectivity index (χ2v) is 5.29. The van der Waals surface area contributed by atoms with Crippen LogP contribution >= 0.6 is 0 Å². The van der Waals surface area contributed by atoms with Gasteiger partial charge in [-0.2, -0.15) is 0 Å². The quantitative estimate of drug-likeness (QED) is 0.710. The standard InChI is InChI=1S/C12H19NO2/c14-12(11-9-6-10(11)13-7-9)15-5-4-8-2-1-3-8/h8-11,13H,1-7H2. The number of hydrogen-bond acceptors (Lipinski definition) is 3. The number of esters is 1. The maximum atomic E-state index is 11.7. The van der Waals surface area contributed by atoms with Gasteiger partial charge in [-0.1, -0.05) is 19.3 Å². The minimum atomic E-state index is 0.0561. The van der Waals surface area contributed by atoms with E-state index in [4.69, 9.17) is 4.74 Å². The van der Waals surface area contributed by atoms with Crippen molar-refractivity contribution in [2.45, 2.75) is 38.1 Å². The van der Waals surface area contributed by atoms with E-state index in [1.807, 2.05) is 0 Å². The van der Waals surface area contributed by atoms with Crippen molar-refractivity contribution in [2.75, 3.05) is 13.2 Å². The second kappa shape index (κ2) is 3.78. The molecule has 2 aliphatic carbocycles. The van der Waals surface area contributed by atoms with E-state index in [0.29, 0.717) is 18.6 Å². The van der Waals surface area contributed by atoms with Crippen LogP contribution in [-0.2, 0) is 9.53 Å². The van der Waals surface area contributed by atoms with E-state index in [2.05, 4.69) is 5.32 Å². The minimum Gasteiger partial charge on any atom is -0.465 e. The molecule has 84 valence electrons. The lowest BCUT2D eigenvalue weighted by molar-refractivity contribution is -0.154. The summed E-state index contributed by atoms with van der Waals surface area (Å²) in [6.45, 7) is 1.67. The van der Waals surface area contributed by atoms with Crippen LogP contribution in [0.15, 0.2) is 0 Å². The van der Waals surface area contributed by atoms with Crippen molar-refractivity contribution in [3.63, 3.8) is 0 Å². The van der Waals surface area contributed by atoms with E-state index in [1.165, 1.54) is 25.7 Å². The Morgan fingerprint density at radius 3 is 2.80 bits per heavy atom. The first-order valence-electron chi connectivity index (χ1n) is 6.24. The molecule has 0 aromatic rings. The molecule has 4 fully saturated rings. The molecule has 0 aromatic carbocycles. The second-order valence-electron chi connectivity index (χ2n) is 5.29. The molecule has 0 spiro atoms. The Morgan fingerprint density at radius 1 is 1.40 bits per heavy atom. The third-order valence-electron chi connectivity index (χ3n) is 4.41. The normalized spacial score (nSPS) is 38.3. The Morgan fingerprint density at radius 2 is 2.27 bits per heavy atom. The Balaban J connectivity index is 1.38. The monoisotopic (exact) mass is 209 g/mol. The Bertz CT molecular complexity index is 248. The van der Waals surface area contributed by atoms with Gasteiger partial charge < -0.3 is 10.1 Å². The molecule has 1 N–H and O–H groups in total. The van der Waals surface area contributed by atoms with Crippen LogP contribution in [0.2, 0.25) is 0 Å². The highest BCUT2D eigenvalue weighted by Crippen LogP contribution is 2.40. The van der Waals surface area contributed by atoms with Gasteiger partial charge in [-0.3, -0.25) is 4.79 Å². The van der Waals surface area contributed by atoms with Crippen LogP contribution in [0.25, 0.3) is 0 Å². The smallest absolute Gasteiger partial charge is 0.310 e. The molecule has 0 aromatic heterocycles. The third-order valence-corrected chi connectivity index (χ3v) is 4.41. The molecule has 2 saturated heterocycles. The van der Waals surface area contributed by atoms with Crippen LogP contribution in [0.4, 0.5) is 0 Å². The largest absolute Gasteiger partial charge is 0.465 e.